The topological polar surface area (TPSA) is 77.3 Å². The average Bonchev–Trinajstić information content (AvgIpc) is 2.81. The van der Waals surface area contributed by atoms with Gasteiger partial charge in [0.25, 0.3) is 0 Å². The van der Waals surface area contributed by atoms with Crippen molar-refractivity contribution in [1.82, 2.24) is 15.5 Å². The molecular formula is C11H19N3O3. The first-order valence-electron chi connectivity index (χ1n) is 5.93. The number of carbonyl (C=O) groups is 1. The molecule has 0 radical (unpaired) electrons. The first-order valence-corrected chi connectivity index (χ1v) is 5.93. The Hall–Kier alpha value is -1.43. The van der Waals surface area contributed by atoms with Crippen LogP contribution >= 0.6 is 0 Å². The van der Waals surface area contributed by atoms with E-state index < -0.39 is 0 Å². The van der Waals surface area contributed by atoms with Crippen LogP contribution in [0.1, 0.15) is 32.5 Å². The molecule has 0 spiro atoms. The van der Waals surface area contributed by atoms with Gasteiger partial charge in [0.15, 0.2) is 5.82 Å². The molecule has 1 atom stereocenters. The molecule has 0 aliphatic heterocycles. The Kier molecular flexibility index (Phi) is 6.24. The fraction of sp³-hybridized carbons (Fsp3) is 0.727. The van der Waals surface area contributed by atoms with Gasteiger partial charge in [-0.25, -0.2) is 0 Å². The van der Waals surface area contributed by atoms with Crippen molar-refractivity contribution in [2.45, 2.75) is 39.2 Å². The largest absolute Gasteiger partial charge is 0.465 e. The van der Waals surface area contributed by atoms with E-state index >= 15 is 0 Å². The van der Waals surface area contributed by atoms with E-state index in [-0.39, 0.29) is 12.0 Å². The minimum Gasteiger partial charge on any atom is -0.465 e. The maximum Gasteiger partial charge on any atom is 0.323 e. The lowest BCUT2D eigenvalue weighted by atomic mass is 10.1. The third kappa shape index (κ3) is 4.95. The molecule has 6 nitrogen and oxygen atoms in total. The van der Waals surface area contributed by atoms with Crippen molar-refractivity contribution in [3.63, 3.8) is 0 Å². The maximum absolute atomic E-state index is 11.6. The average molecular weight is 241 g/mol. The molecule has 1 unspecified atom stereocenters. The lowest BCUT2D eigenvalue weighted by molar-refractivity contribution is -0.145. The standard InChI is InChI=1S/C11H19N3O3/c1-3-5-9(11(15)16-4-2)12-7-6-10-13-8-17-14-10/h8-9,12H,3-7H2,1-2H3. The van der Waals surface area contributed by atoms with Gasteiger partial charge in [-0.05, 0) is 13.3 Å². The highest BCUT2D eigenvalue weighted by Gasteiger charge is 2.17. The molecular weight excluding hydrogens is 222 g/mol. The Morgan fingerprint density at radius 1 is 1.59 bits per heavy atom. The minimum atomic E-state index is -0.244. The van der Waals surface area contributed by atoms with Crippen molar-refractivity contribution < 1.29 is 14.1 Å². The lowest BCUT2D eigenvalue weighted by Crippen LogP contribution is -2.39. The van der Waals surface area contributed by atoms with Crippen molar-refractivity contribution in [2.24, 2.45) is 0 Å². The van der Waals surface area contributed by atoms with E-state index in [1.54, 1.807) is 6.92 Å². The lowest BCUT2D eigenvalue weighted by Gasteiger charge is -2.15. The van der Waals surface area contributed by atoms with Gasteiger partial charge in [0.05, 0.1) is 6.61 Å². The zero-order valence-electron chi connectivity index (χ0n) is 10.3. The van der Waals surface area contributed by atoms with Crippen LogP contribution in [0.15, 0.2) is 10.9 Å². The molecule has 6 heteroatoms. The second-order valence-corrected chi connectivity index (χ2v) is 3.64. The van der Waals surface area contributed by atoms with Crippen LogP contribution in [0.4, 0.5) is 0 Å². The SMILES string of the molecule is CCCC(NCCc1ncon1)C(=O)OCC. The predicted octanol–water partition coefficient (Wildman–Crippen LogP) is 0.933. The van der Waals surface area contributed by atoms with Gasteiger partial charge in [-0.3, -0.25) is 4.79 Å². The maximum atomic E-state index is 11.6. The number of hydrogen-bond acceptors (Lipinski definition) is 6. The number of ether oxygens (including phenoxy) is 1. The van der Waals surface area contributed by atoms with Gasteiger partial charge in [-0.2, -0.15) is 4.98 Å². The van der Waals surface area contributed by atoms with Crippen molar-refractivity contribution >= 4 is 5.97 Å². The normalized spacial score (nSPS) is 12.4. The molecule has 0 bridgehead atoms. The number of esters is 1. The highest BCUT2D eigenvalue weighted by atomic mass is 16.5. The molecule has 17 heavy (non-hydrogen) atoms. The van der Waals surface area contributed by atoms with E-state index in [1.807, 2.05) is 6.92 Å². The molecule has 0 amide bonds. The van der Waals surface area contributed by atoms with Gasteiger partial charge in [0.2, 0.25) is 6.39 Å². The van der Waals surface area contributed by atoms with E-state index in [4.69, 9.17) is 4.74 Å². The fourth-order valence-electron chi connectivity index (χ4n) is 1.50. The first kappa shape index (κ1) is 13.6. The van der Waals surface area contributed by atoms with Crippen LogP contribution in [0.25, 0.3) is 0 Å². The molecule has 0 aromatic carbocycles. The monoisotopic (exact) mass is 241 g/mol. The van der Waals surface area contributed by atoms with Crippen LogP contribution in [0, 0.1) is 0 Å². The van der Waals surface area contributed by atoms with Crippen LogP contribution in [0.2, 0.25) is 0 Å². The summed E-state index contributed by atoms with van der Waals surface area (Å²) >= 11 is 0. The van der Waals surface area contributed by atoms with E-state index in [2.05, 4.69) is 20.0 Å². The first-order chi connectivity index (χ1) is 8.27. The molecule has 1 heterocycles. The molecule has 0 saturated carbocycles. The molecule has 0 aliphatic carbocycles. The second-order valence-electron chi connectivity index (χ2n) is 3.64. The van der Waals surface area contributed by atoms with Crippen LogP contribution < -0.4 is 5.32 Å². The van der Waals surface area contributed by atoms with E-state index in [1.165, 1.54) is 6.39 Å². The van der Waals surface area contributed by atoms with Crippen molar-refractivity contribution in [3.05, 3.63) is 12.2 Å². The van der Waals surface area contributed by atoms with Gasteiger partial charge >= 0.3 is 5.97 Å². The summed E-state index contributed by atoms with van der Waals surface area (Å²) in [5.41, 5.74) is 0. The summed E-state index contributed by atoms with van der Waals surface area (Å²) in [6.07, 6.45) is 3.63. The van der Waals surface area contributed by atoms with E-state index in [0.717, 1.165) is 12.8 Å². The number of hydrogen-bond donors (Lipinski definition) is 1. The Balaban J connectivity index is 2.31. The molecule has 0 saturated heterocycles. The molecule has 0 aliphatic rings. The third-order valence-electron chi connectivity index (χ3n) is 2.29. The highest BCUT2D eigenvalue weighted by Crippen LogP contribution is 2.00. The Morgan fingerprint density at radius 2 is 2.41 bits per heavy atom. The number of rotatable bonds is 8. The smallest absolute Gasteiger partial charge is 0.323 e. The summed E-state index contributed by atoms with van der Waals surface area (Å²) in [6, 6.07) is -0.244. The molecule has 1 rings (SSSR count). The Bertz CT molecular complexity index is 314. The van der Waals surface area contributed by atoms with Gasteiger partial charge < -0.3 is 14.6 Å². The summed E-state index contributed by atoms with van der Waals surface area (Å²) < 4.78 is 9.62. The number of nitrogens with one attached hydrogen (secondary N) is 1. The molecule has 1 aromatic heterocycles. The summed E-state index contributed by atoms with van der Waals surface area (Å²) in [5, 5.41) is 6.85. The van der Waals surface area contributed by atoms with Crippen molar-refractivity contribution in [2.75, 3.05) is 13.2 Å². The van der Waals surface area contributed by atoms with Crippen LogP contribution in [0.3, 0.4) is 0 Å². The molecule has 1 N–H and O–H groups in total. The molecule has 96 valence electrons. The van der Waals surface area contributed by atoms with Crippen LogP contribution in [-0.4, -0.2) is 35.3 Å². The fourth-order valence-corrected chi connectivity index (χ4v) is 1.50. The predicted molar refractivity (Wildman–Crippen MR) is 61.3 cm³/mol. The molecule has 0 fully saturated rings. The number of carbonyl (C=O) groups excluding carboxylic acids is 1. The number of nitrogens with zero attached hydrogens (tertiary/aromatic N) is 2. The Labute approximate surface area is 101 Å². The third-order valence-corrected chi connectivity index (χ3v) is 2.29. The van der Waals surface area contributed by atoms with Gasteiger partial charge in [0.1, 0.15) is 6.04 Å². The van der Waals surface area contributed by atoms with Gasteiger partial charge in [-0.1, -0.05) is 18.5 Å². The minimum absolute atomic E-state index is 0.192. The molecule has 1 aromatic rings. The number of aromatic nitrogens is 2. The van der Waals surface area contributed by atoms with E-state index in [0.29, 0.717) is 25.4 Å². The van der Waals surface area contributed by atoms with Gasteiger partial charge in [0, 0.05) is 13.0 Å². The van der Waals surface area contributed by atoms with Crippen LogP contribution in [-0.2, 0) is 16.0 Å². The zero-order valence-corrected chi connectivity index (χ0v) is 10.3. The van der Waals surface area contributed by atoms with Gasteiger partial charge in [-0.15, -0.1) is 0 Å². The highest BCUT2D eigenvalue weighted by molar-refractivity contribution is 5.75. The second kappa shape index (κ2) is 7.78. The van der Waals surface area contributed by atoms with Crippen LogP contribution in [0.5, 0.6) is 0 Å². The summed E-state index contributed by atoms with van der Waals surface area (Å²) in [5.74, 6) is 0.444. The van der Waals surface area contributed by atoms with Crippen molar-refractivity contribution in [1.29, 1.82) is 0 Å². The Morgan fingerprint density at radius 3 is 3.00 bits per heavy atom. The summed E-state index contributed by atoms with van der Waals surface area (Å²) in [4.78, 5) is 15.5. The summed E-state index contributed by atoms with van der Waals surface area (Å²) in [7, 11) is 0. The van der Waals surface area contributed by atoms with Crippen molar-refractivity contribution in [3.8, 4) is 0 Å². The zero-order chi connectivity index (χ0) is 12.5. The van der Waals surface area contributed by atoms with E-state index in [9.17, 15) is 4.79 Å². The quantitative estimate of drug-likeness (QED) is 0.682. The summed E-state index contributed by atoms with van der Waals surface area (Å²) in [6.45, 7) is 4.88.